The van der Waals surface area contributed by atoms with Gasteiger partial charge in [0.2, 0.25) is 0 Å². The fourth-order valence-corrected chi connectivity index (χ4v) is 2.76. The monoisotopic (exact) mass is 358 g/mol. The summed E-state index contributed by atoms with van der Waals surface area (Å²) < 4.78 is 0. The molecule has 0 bridgehead atoms. The molecule has 0 aromatic heterocycles. The first-order valence-electron chi connectivity index (χ1n) is 8.79. The zero-order valence-corrected chi connectivity index (χ0v) is 15.7. The molecule has 0 saturated heterocycles. The van der Waals surface area contributed by atoms with Gasteiger partial charge in [-0.3, -0.25) is 9.59 Å². The lowest BCUT2D eigenvalue weighted by molar-refractivity contribution is 0.101. The summed E-state index contributed by atoms with van der Waals surface area (Å²) in [7, 11) is 0. The van der Waals surface area contributed by atoms with Crippen molar-refractivity contribution in [3.63, 3.8) is 0 Å². The van der Waals surface area contributed by atoms with Gasteiger partial charge in [-0.25, -0.2) is 0 Å². The van der Waals surface area contributed by atoms with E-state index in [-0.39, 0.29) is 11.8 Å². The lowest BCUT2D eigenvalue weighted by Crippen LogP contribution is -2.14. The lowest BCUT2D eigenvalue weighted by Gasteiger charge is -2.10. The second kappa shape index (κ2) is 7.87. The van der Waals surface area contributed by atoms with Crippen LogP contribution in [0.4, 0.5) is 11.4 Å². The first kappa shape index (κ1) is 18.4. The molecule has 0 fully saturated rings. The average molecular weight is 358 g/mol. The molecule has 27 heavy (non-hydrogen) atoms. The number of hydrogen-bond donors (Lipinski definition) is 2. The number of aryl methyl sites for hydroxylation is 3. The number of nitrogens with one attached hydrogen (secondary N) is 2. The highest BCUT2D eigenvalue weighted by Crippen LogP contribution is 2.18. The fourth-order valence-electron chi connectivity index (χ4n) is 2.76. The van der Waals surface area contributed by atoms with E-state index in [4.69, 9.17) is 0 Å². The van der Waals surface area contributed by atoms with Crippen LogP contribution in [0.15, 0.2) is 66.7 Å². The summed E-state index contributed by atoms with van der Waals surface area (Å²) in [5, 5.41) is 5.76. The second-order valence-electron chi connectivity index (χ2n) is 6.67. The van der Waals surface area contributed by atoms with Crippen LogP contribution in [0.5, 0.6) is 0 Å². The standard InChI is InChI=1S/C23H22N2O2/c1-15-4-11-20(12-5-15)24-22(26)18-7-9-19(10-8-18)23(27)25-21-13-6-16(2)14-17(21)3/h4-14H,1-3H3,(H,24,26)(H,25,27). The van der Waals surface area contributed by atoms with E-state index in [1.54, 1.807) is 24.3 Å². The summed E-state index contributed by atoms with van der Waals surface area (Å²) in [6.45, 7) is 5.97. The normalized spacial score (nSPS) is 10.3. The maximum absolute atomic E-state index is 12.4. The first-order valence-corrected chi connectivity index (χ1v) is 8.79. The number of rotatable bonds is 4. The molecule has 0 unspecified atom stereocenters. The number of hydrogen-bond acceptors (Lipinski definition) is 2. The maximum atomic E-state index is 12.4. The summed E-state index contributed by atoms with van der Waals surface area (Å²) in [6.07, 6.45) is 0. The third kappa shape index (κ3) is 4.61. The summed E-state index contributed by atoms with van der Waals surface area (Å²) >= 11 is 0. The molecule has 3 aromatic carbocycles. The van der Waals surface area contributed by atoms with Crippen LogP contribution in [0.25, 0.3) is 0 Å². The molecule has 4 nitrogen and oxygen atoms in total. The van der Waals surface area contributed by atoms with Crippen LogP contribution in [0.3, 0.4) is 0 Å². The Kier molecular flexibility index (Phi) is 5.36. The minimum atomic E-state index is -0.208. The van der Waals surface area contributed by atoms with Gasteiger partial charge in [0.05, 0.1) is 0 Å². The number of carbonyl (C=O) groups is 2. The van der Waals surface area contributed by atoms with Gasteiger partial charge >= 0.3 is 0 Å². The Hall–Kier alpha value is -3.40. The quantitative estimate of drug-likeness (QED) is 0.680. The van der Waals surface area contributed by atoms with Crippen molar-refractivity contribution >= 4 is 23.2 Å². The van der Waals surface area contributed by atoms with E-state index >= 15 is 0 Å². The summed E-state index contributed by atoms with van der Waals surface area (Å²) in [4.78, 5) is 24.8. The molecule has 0 aliphatic carbocycles. The van der Waals surface area contributed by atoms with Gasteiger partial charge < -0.3 is 10.6 Å². The Balaban J connectivity index is 1.67. The van der Waals surface area contributed by atoms with Crippen LogP contribution in [0.2, 0.25) is 0 Å². The summed E-state index contributed by atoms with van der Waals surface area (Å²) in [5.74, 6) is -0.410. The second-order valence-corrected chi connectivity index (χ2v) is 6.67. The van der Waals surface area contributed by atoms with E-state index in [0.717, 1.165) is 28.1 Å². The molecule has 0 aliphatic heterocycles. The minimum Gasteiger partial charge on any atom is -0.322 e. The Labute approximate surface area is 159 Å². The topological polar surface area (TPSA) is 58.2 Å². The predicted molar refractivity (Wildman–Crippen MR) is 109 cm³/mol. The number of amides is 2. The van der Waals surface area contributed by atoms with Gasteiger partial charge in [-0.2, -0.15) is 0 Å². The molecule has 3 aromatic rings. The Morgan fingerprint density at radius 1 is 0.630 bits per heavy atom. The van der Waals surface area contributed by atoms with Crippen LogP contribution < -0.4 is 10.6 Å². The average Bonchev–Trinajstić information content (AvgIpc) is 2.66. The van der Waals surface area contributed by atoms with Crippen LogP contribution in [0.1, 0.15) is 37.4 Å². The molecule has 0 atom stereocenters. The van der Waals surface area contributed by atoms with E-state index in [0.29, 0.717) is 11.1 Å². The Morgan fingerprint density at radius 2 is 1.15 bits per heavy atom. The zero-order chi connectivity index (χ0) is 19.4. The Bertz CT molecular complexity index is 974. The van der Waals surface area contributed by atoms with Crippen LogP contribution in [-0.2, 0) is 0 Å². The van der Waals surface area contributed by atoms with Gasteiger partial charge in [0.15, 0.2) is 0 Å². The highest BCUT2D eigenvalue weighted by molar-refractivity contribution is 6.07. The molecule has 0 radical (unpaired) electrons. The van der Waals surface area contributed by atoms with E-state index < -0.39 is 0 Å². The predicted octanol–water partition coefficient (Wildman–Crippen LogP) is 5.12. The molecule has 4 heteroatoms. The summed E-state index contributed by atoms with van der Waals surface area (Å²) in [6, 6.07) is 20.1. The molecular weight excluding hydrogens is 336 g/mol. The maximum Gasteiger partial charge on any atom is 0.255 e. The molecular formula is C23H22N2O2. The van der Waals surface area contributed by atoms with Crippen molar-refractivity contribution in [1.82, 2.24) is 0 Å². The first-order chi connectivity index (χ1) is 12.9. The van der Waals surface area contributed by atoms with Crippen molar-refractivity contribution in [2.45, 2.75) is 20.8 Å². The van der Waals surface area contributed by atoms with Crippen molar-refractivity contribution in [3.05, 3.63) is 94.5 Å². The van der Waals surface area contributed by atoms with E-state index in [1.165, 1.54) is 0 Å². The molecule has 0 spiro atoms. The third-order valence-electron chi connectivity index (χ3n) is 4.35. The van der Waals surface area contributed by atoms with Gasteiger partial charge in [-0.05, 0) is 68.8 Å². The molecule has 136 valence electrons. The molecule has 0 aliphatic rings. The van der Waals surface area contributed by atoms with Crippen molar-refractivity contribution in [1.29, 1.82) is 0 Å². The van der Waals surface area contributed by atoms with Crippen LogP contribution >= 0.6 is 0 Å². The number of carbonyl (C=O) groups excluding carboxylic acids is 2. The van der Waals surface area contributed by atoms with Crippen molar-refractivity contribution < 1.29 is 9.59 Å². The van der Waals surface area contributed by atoms with Gasteiger partial charge in [0, 0.05) is 22.5 Å². The van der Waals surface area contributed by atoms with Crippen molar-refractivity contribution in [3.8, 4) is 0 Å². The Morgan fingerprint density at radius 3 is 1.70 bits per heavy atom. The molecule has 2 amide bonds. The zero-order valence-electron chi connectivity index (χ0n) is 15.7. The largest absolute Gasteiger partial charge is 0.322 e. The van der Waals surface area contributed by atoms with Gasteiger partial charge in [-0.1, -0.05) is 35.4 Å². The van der Waals surface area contributed by atoms with Gasteiger partial charge in [0.1, 0.15) is 0 Å². The van der Waals surface area contributed by atoms with Crippen LogP contribution in [-0.4, -0.2) is 11.8 Å². The molecule has 3 rings (SSSR count). The van der Waals surface area contributed by atoms with E-state index in [9.17, 15) is 9.59 Å². The molecule has 0 heterocycles. The fraction of sp³-hybridized carbons (Fsp3) is 0.130. The summed E-state index contributed by atoms with van der Waals surface area (Å²) in [5.41, 5.74) is 5.81. The highest BCUT2D eigenvalue weighted by atomic mass is 16.2. The third-order valence-corrected chi connectivity index (χ3v) is 4.35. The van der Waals surface area contributed by atoms with Crippen LogP contribution in [0, 0.1) is 20.8 Å². The number of anilines is 2. The smallest absolute Gasteiger partial charge is 0.255 e. The van der Waals surface area contributed by atoms with E-state index in [2.05, 4.69) is 10.6 Å². The van der Waals surface area contributed by atoms with Gasteiger partial charge in [0.25, 0.3) is 11.8 Å². The minimum absolute atomic E-state index is 0.201. The van der Waals surface area contributed by atoms with E-state index in [1.807, 2.05) is 63.2 Å². The molecule has 2 N–H and O–H groups in total. The van der Waals surface area contributed by atoms with Crippen molar-refractivity contribution in [2.75, 3.05) is 10.6 Å². The van der Waals surface area contributed by atoms with Gasteiger partial charge in [-0.15, -0.1) is 0 Å². The lowest BCUT2D eigenvalue weighted by atomic mass is 10.1. The molecule has 0 saturated carbocycles. The van der Waals surface area contributed by atoms with Crippen molar-refractivity contribution in [2.24, 2.45) is 0 Å². The SMILES string of the molecule is Cc1ccc(NC(=O)c2ccc(C(=O)Nc3ccc(C)cc3C)cc2)cc1. The highest BCUT2D eigenvalue weighted by Gasteiger charge is 2.10. The number of benzene rings is 3.